The number of hydrogen-bond acceptors (Lipinski definition) is 6. The molecule has 1 saturated heterocycles. The second-order valence-corrected chi connectivity index (χ2v) is 8.12. The first-order valence-corrected chi connectivity index (χ1v) is 10.4. The summed E-state index contributed by atoms with van der Waals surface area (Å²) in [6.45, 7) is 5.35. The molecule has 1 aliphatic rings. The zero-order valence-electron chi connectivity index (χ0n) is 16.9. The molecule has 0 saturated carbocycles. The van der Waals surface area contributed by atoms with Crippen LogP contribution in [0, 0.1) is 5.82 Å². The second kappa shape index (κ2) is 10.3. The number of fused-ring (bicyclic) bond motifs is 1. The Morgan fingerprint density at radius 2 is 1.68 bits per heavy atom. The number of carboxylic acids is 2. The largest absolute Gasteiger partial charge is 0.478 e. The van der Waals surface area contributed by atoms with Crippen molar-refractivity contribution in [1.29, 1.82) is 0 Å². The zero-order chi connectivity index (χ0) is 22.4. The van der Waals surface area contributed by atoms with Crippen LogP contribution in [-0.4, -0.2) is 74.6 Å². The number of thiazole rings is 1. The normalized spacial score (nSPS) is 15.2. The maximum Gasteiger partial charge on any atom is 0.328 e. The summed E-state index contributed by atoms with van der Waals surface area (Å²) in [5.74, 6) is -2.72. The molecule has 1 aliphatic heterocycles. The lowest BCUT2D eigenvalue weighted by Crippen LogP contribution is -2.43. The number of aromatic nitrogens is 2. The number of likely N-dealkylation sites (N-methyl/N-ethyl adjacent to an activating group) is 1. The molecular weight excluding hydrogens is 423 g/mol. The lowest BCUT2D eigenvalue weighted by molar-refractivity contribution is -0.134. The van der Waals surface area contributed by atoms with Gasteiger partial charge in [-0.05, 0) is 24.7 Å². The topological polar surface area (TPSA) is 98.4 Å². The summed E-state index contributed by atoms with van der Waals surface area (Å²) in [6, 6.07) is 6.62. The molecule has 164 valence electrons. The molecule has 1 fully saturated rings. The van der Waals surface area contributed by atoms with Crippen molar-refractivity contribution in [3.63, 3.8) is 0 Å². The number of halogens is 1. The van der Waals surface area contributed by atoms with Crippen molar-refractivity contribution < 1.29 is 24.2 Å². The predicted molar refractivity (Wildman–Crippen MR) is 116 cm³/mol. The Kier molecular flexibility index (Phi) is 7.50. The summed E-state index contributed by atoms with van der Waals surface area (Å²) in [5.41, 5.74) is 2.15. The number of piperazine rings is 1. The lowest BCUT2D eigenvalue weighted by Gasteiger charge is -2.31. The van der Waals surface area contributed by atoms with Crippen molar-refractivity contribution in [1.82, 2.24) is 19.2 Å². The zero-order valence-corrected chi connectivity index (χ0v) is 17.8. The first kappa shape index (κ1) is 22.6. The summed E-state index contributed by atoms with van der Waals surface area (Å²) >= 11 is 1.64. The van der Waals surface area contributed by atoms with E-state index in [1.165, 1.54) is 12.1 Å². The molecule has 0 aliphatic carbocycles. The van der Waals surface area contributed by atoms with E-state index in [4.69, 9.17) is 15.2 Å². The second-order valence-electron chi connectivity index (χ2n) is 7.11. The fourth-order valence-corrected chi connectivity index (χ4v) is 4.04. The Morgan fingerprint density at radius 1 is 1.06 bits per heavy atom. The van der Waals surface area contributed by atoms with Crippen LogP contribution >= 0.6 is 11.3 Å². The van der Waals surface area contributed by atoms with Crippen LogP contribution in [0.2, 0.25) is 0 Å². The first-order chi connectivity index (χ1) is 14.8. The summed E-state index contributed by atoms with van der Waals surface area (Å²) in [5, 5.41) is 15.6. The number of carbonyl (C=O) groups is 2. The van der Waals surface area contributed by atoms with Gasteiger partial charge in [0, 0.05) is 57.3 Å². The van der Waals surface area contributed by atoms with E-state index < -0.39 is 11.9 Å². The molecule has 0 bridgehead atoms. The van der Waals surface area contributed by atoms with Gasteiger partial charge >= 0.3 is 11.9 Å². The van der Waals surface area contributed by atoms with Crippen molar-refractivity contribution in [3.05, 3.63) is 60.3 Å². The third-order valence-corrected chi connectivity index (χ3v) is 5.73. The molecule has 0 amide bonds. The van der Waals surface area contributed by atoms with Crippen LogP contribution in [0.25, 0.3) is 15.4 Å². The van der Waals surface area contributed by atoms with E-state index in [0.717, 1.165) is 53.8 Å². The summed E-state index contributed by atoms with van der Waals surface area (Å²) in [7, 11) is 2.17. The maximum absolute atomic E-state index is 13.0. The lowest BCUT2D eigenvalue weighted by atomic mass is 10.2. The molecule has 4 rings (SSSR count). The molecule has 3 heterocycles. The Labute approximate surface area is 182 Å². The summed E-state index contributed by atoms with van der Waals surface area (Å²) < 4.78 is 15.1. The quantitative estimate of drug-likeness (QED) is 0.582. The highest BCUT2D eigenvalue weighted by Crippen LogP contribution is 2.28. The van der Waals surface area contributed by atoms with Gasteiger partial charge in [-0.2, -0.15) is 0 Å². The van der Waals surface area contributed by atoms with Crippen LogP contribution in [-0.2, 0) is 16.1 Å². The minimum Gasteiger partial charge on any atom is -0.478 e. The number of hydrogen-bond donors (Lipinski definition) is 2. The van der Waals surface area contributed by atoms with Gasteiger partial charge < -0.3 is 15.1 Å². The molecule has 2 aromatic heterocycles. The highest BCUT2D eigenvalue weighted by atomic mass is 32.1. The molecular formula is C21H23FN4O4S. The standard InChI is InChI=1S/C17H19FN4S.C4H4O4/c1-20-6-8-21(9-7-20)10-15-11-22-12-16(23-17(22)19-15)13-2-4-14(18)5-3-13;5-3(6)1-2-4(7)8/h2-5,11-12H,6-10H2,1H3;1-2H,(H,5,6)(H,7,8). The summed E-state index contributed by atoms with van der Waals surface area (Å²) in [6.07, 6.45) is 5.30. The van der Waals surface area contributed by atoms with Crippen molar-refractivity contribution >= 4 is 28.2 Å². The monoisotopic (exact) mass is 446 g/mol. The number of nitrogens with zero attached hydrogens (tertiary/aromatic N) is 4. The van der Waals surface area contributed by atoms with E-state index in [2.05, 4.69) is 33.6 Å². The van der Waals surface area contributed by atoms with Crippen LogP contribution in [0.15, 0.2) is 48.8 Å². The molecule has 0 atom stereocenters. The Balaban J connectivity index is 0.000000293. The number of imidazole rings is 1. The van der Waals surface area contributed by atoms with Crippen molar-refractivity contribution in [3.8, 4) is 10.4 Å². The highest BCUT2D eigenvalue weighted by Gasteiger charge is 2.16. The summed E-state index contributed by atoms with van der Waals surface area (Å²) in [4.78, 5) is 30.8. The fourth-order valence-electron chi connectivity index (χ4n) is 3.05. The molecule has 1 aromatic carbocycles. The first-order valence-electron chi connectivity index (χ1n) is 9.58. The van der Waals surface area contributed by atoms with Crippen molar-refractivity contribution in [2.75, 3.05) is 33.2 Å². The van der Waals surface area contributed by atoms with Gasteiger partial charge in [0.1, 0.15) is 5.82 Å². The average Bonchev–Trinajstić information content (AvgIpc) is 3.28. The van der Waals surface area contributed by atoms with Gasteiger partial charge in [-0.1, -0.05) is 23.5 Å². The predicted octanol–water partition coefficient (Wildman–Crippen LogP) is 2.66. The minimum absolute atomic E-state index is 0.204. The van der Waals surface area contributed by atoms with E-state index in [9.17, 15) is 14.0 Å². The SMILES string of the molecule is CN1CCN(Cc2cn3cc(-c4ccc(F)cc4)sc3n2)CC1.O=C(O)C=CC(=O)O. The third kappa shape index (κ3) is 6.71. The van der Waals surface area contributed by atoms with E-state index in [0.29, 0.717) is 12.2 Å². The van der Waals surface area contributed by atoms with Gasteiger partial charge in [0.25, 0.3) is 0 Å². The van der Waals surface area contributed by atoms with Gasteiger partial charge in [-0.3, -0.25) is 9.30 Å². The van der Waals surface area contributed by atoms with Crippen LogP contribution in [0.5, 0.6) is 0 Å². The molecule has 0 spiro atoms. The van der Waals surface area contributed by atoms with Gasteiger partial charge in [0.05, 0.1) is 10.6 Å². The van der Waals surface area contributed by atoms with E-state index in [-0.39, 0.29) is 5.82 Å². The van der Waals surface area contributed by atoms with Crippen molar-refractivity contribution in [2.45, 2.75) is 6.54 Å². The van der Waals surface area contributed by atoms with E-state index in [1.807, 2.05) is 12.1 Å². The highest BCUT2D eigenvalue weighted by molar-refractivity contribution is 7.20. The molecule has 0 radical (unpaired) electrons. The van der Waals surface area contributed by atoms with Crippen LogP contribution in [0.4, 0.5) is 4.39 Å². The molecule has 2 N–H and O–H groups in total. The van der Waals surface area contributed by atoms with Crippen molar-refractivity contribution in [2.24, 2.45) is 0 Å². The third-order valence-electron chi connectivity index (χ3n) is 4.68. The Morgan fingerprint density at radius 3 is 2.23 bits per heavy atom. The Hall–Kier alpha value is -3.08. The van der Waals surface area contributed by atoms with Crippen LogP contribution in [0.1, 0.15) is 5.69 Å². The van der Waals surface area contributed by atoms with Crippen LogP contribution < -0.4 is 0 Å². The Bertz CT molecular complexity index is 1020. The van der Waals surface area contributed by atoms with E-state index >= 15 is 0 Å². The molecule has 0 unspecified atom stereocenters. The van der Waals surface area contributed by atoms with Crippen LogP contribution in [0.3, 0.4) is 0 Å². The number of rotatable bonds is 5. The molecule has 31 heavy (non-hydrogen) atoms. The molecule has 3 aromatic rings. The van der Waals surface area contributed by atoms with E-state index in [1.54, 1.807) is 11.3 Å². The average molecular weight is 447 g/mol. The van der Waals surface area contributed by atoms with Gasteiger partial charge in [-0.15, -0.1) is 0 Å². The van der Waals surface area contributed by atoms with Gasteiger partial charge in [0.15, 0.2) is 4.96 Å². The smallest absolute Gasteiger partial charge is 0.328 e. The van der Waals surface area contributed by atoms with Gasteiger partial charge in [0.2, 0.25) is 0 Å². The molecule has 10 heteroatoms. The number of benzene rings is 1. The molecule has 8 nitrogen and oxygen atoms in total. The van der Waals surface area contributed by atoms with Gasteiger partial charge in [-0.25, -0.2) is 19.0 Å². The maximum atomic E-state index is 13.0. The fraction of sp³-hybridized carbons (Fsp3) is 0.286. The number of aliphatic carboxylic acids is 2. The minimum atomic E-state index is -1.26. The number of carboxylic acid groups (broad SMARTS) is 2.